The predicted molar refractivity (Wildman–Crippen MR) is 70.0 cm³/mol. The summed E-state index contributed by atoms with van der Waals surface area (Å²) in [5.74, 6) is -0.0103. The first-order valence-electron chi connectivity index (χ1n) is 5.73. The molecule has 92 valence electrons. The lowest BCUT2D eigenvalue weighted by Gasteiger charge is -2.46. The second-order valence-electron chi connectivity index (χ2n) is 4.70. The van der Waals surface area contributed by atoms with Crippen LogP contribution in [0.2, 0.25) is 0 Å². The molecule has 2 rings (SSSR count). The van der Waals surface area contributed by atoms with Crippen LogP contribution in [0.15, 0.2) is 22.7 Å². The second-order valence-corrected chi connectivity index (χ2v) is 5.56. The van der Waals surface area contributed by atoms with Crippen molar-refractivity contribution >= 4 is 21.8 Å². The summed E-state index contributed by atoms with van der Waals surface area (Å²) in [6.45, 7) is 4.80. The van der Waals surface area contributed by atoms with Crippen LogP contribution in [0.5, 0.6) is 0 Å². The topological polar surface area (TPSA) is 40.5 Å². The lowest BCUT2D eigenvalue weighted by molar-refractivity contribution is -0.0826. The maximum atomic E-state index is 12.1. The average Bonchev–Trinajstić information content (AvgIpc) is 2.27. The zero-order valence-electron chi connectivity index (χ0n) is 10.0. The summed E-state index contributed by atoms with van der Waals surface area (Å²) in [5.41, 5.74) is 1.10. The van der Waals surface area contributed by atoms with Crippen LogP contribution < -0.4 is 0 Å². The van der Waals surface area contributed by atoms with Gasteiger partial charge in [-0.05, 0) is 31.0 Å². The highest BCUT2D eigenvalue weighted by atomic mass is 79.9. The van der Waals surface area contributed by atoms with Gasteiger partial charge in [0.05, 0.1) is 18.7 Å². The van der Waals surface area contributed by atoms with Crippen LogP contribution >= 0.6 is 15.9 Å². The van der Waals surface area contributed by atoms with Crippen LogP contribution in [0.25, 0.3) is 0 Å². The minimum atomic E-state index is -0.669. The van der Waals surface area contributed by atoms with Gasteiger partial charge in [0.15, 0.2) is 0 Å². The number of carbonyl (C=O) groups is 1. The van der Waals surface area contributed by atoms with Crippen LogP contribution in [-0.2, 0) is 0 Å². The molecule has 1 heterocycles. The zero-order chi connectivity index (χ0) is 12.6. The van der Waals surface area contributed by atoms with Gasteiger partial charge < -0.3 is 10.0 Å². The maximum absolute atomic E-state index is 12.1. The summed E-state index contributed by atoms with van der Waals surface area (Å²) < 4.78 is 0.939. The highest BCUT2D eigenvalue weighted by Gasteiger charge is 2.42. The molecule has 0 aliphatic carbocycles. The number of hydrogen-bond acceptors (Lipinski definition) is 2. The van der Waals surface area contributed by atoms with Crippen molar-refractivity contribution in [2.45, 2.75) is 25.9 Å². The first-order chi connectivity index (χ1) is 7.95. The number of likely N-dealkylation sites (tertiary alicyclic amines) is 1. The Morgan fingerprint density at radius 2 is 2.18 bits per heavy atom. The minimum Gasteiger partial charge on any atom is -0.386 e. The van der Waals surface area contributed by atoms with E-state index in [-0.39, 0.29) is 5.91 Å². The van der Waals surface area contributed by atoms with Crippen molar-refractivity contribution in [1.29, 1.82) is 0 Å². The second kappa shape index (κ2) is 4.42. The first kappa shape index (κ1) is 12.6. The van der Waals surface area contributed by atoms with Crippen molar-refractivity contribution in [1.82, 2.24) is 4.90 Å². The van der Waals surface area contributed by atoms with Gasteiger partial charge in [-0.15, -0.1) is 0 Å². The SMILES string of the molecule is CCC1(O)CN(C(=O)c2ccc(C)c(Br)c2)C1. The van der Waals surface area contributed by atoms with Gasteiger partial charge in [-0.2, -0.15) is 0 Å². The van der Waals surface area contributed by atoms with Crippen molar-refractivity contribution in [2.75, 3.05) is 13.1 Å². The molecule has 1 fully saturated rings. The van der Waals surface area contributed by atoms with Crippen LogP contribution in [0.3, 0.4) is 0 Å². The molecule has 1 amide bonds. The monoisotopic (exact) mass is 297 g/mol. The summed E-state index contributed by atoms with van der Waals surface area (Å²) >= 11 is 3.42. The number of aliphatic hydroxyl groups is 1. The predicted octanol–water partition coefficient (Wildman–Crippen LogP) is 2.35. The molecule has 1 aromatic rings. The summed E-state index contributed by atoms with van der Waals surface area (Å²) in [6, 6.07) is 5.58. The number of hydrogen-bond donors (Lipinski definition) is 1. The lowest BCUT2D eigenvalue weighted by atomic mass is 9.90. The quantitative estimate of drug-likeness (QED) is 0.910. The minimum absolute atomic E-state index is 0.0103. The normalized spacial score (nSPS) is 17.8. The summed E-state index contributed by atoms with van der Waals surface area (Å²) in [7, 11) is 0. The highest BCUT2D eigenvalue weighted by molar-refractivity contribution is 9.10. The Hall–Kier alpha value is -0.870. The molecule has 0 bridgehead atoms. The third kappa shape index (κ3) is 2.38. The van der Waals surface area contributed by atoms with E-state index in [0.29, 0.717) is 25.1 Å². The molecule has 0 spiro atoms. The maximum Gasteiger partial charge on any atom is 0.254 e. The number of nitrogens with zero attached hydrogens (tertiary/aromatic N) is 1. The standard InChI is InChI=1S/C13H16BrNO2/c1-3-13(17)7-15(8-13)12(16)10-5-4-9(2)11(14)6-10/h4-6,17H,3,7-8H2,1-2H3. The molecule has 0 radical (unpaired) electrons. The smallest absolute Gasteiger partial charge is 0.254 e. The van der Waals surface area contributed by atoms with Crippen LogP contribution in [0, 0.1) is 6.92 Å². The Morgan fingerprint density at radius 3 is 2.71 bits per heavy atom. The molecule has 1 aromatic carbocycles. The number of amides is 1. The van der Waals surface area contributed by atoms with Gasteiger partial charge in [-0.25, -0.2) is 0 Å². The number of benzene rings is 1. The van der Waals surface area contributed by atoms with Crippen molar-refractivity contribution in [3.05, 3.63) is 33.8 Å². The molecule has 1 aliphatic heterocycles. The van der Waals surface area contributed by atoms with Crippen molar-refractivity contribution in [3.8, 4) is 0 Å². The van der Waals surface area contributed by atoms with E-state index in [9.17, 15) is 9.90 Å². The number of aryl methyl sites for hydroxylation is 1. The van der Waals surface area contributed by atoms with Crippen molar-refractivity contribution in [3.63, 3.8) is 0 Å². The summed E-state index contributed by atoms with van der Waals surface area (Å²) in [5, 5.41) is 9.88. The van der Waals surface area contributed by atoms with Gasteiger partial charge >= 0.3 is 0 Å². The molecule has 0 atom stereocenters. The van der Waals surface area contributed by atoms with Crippen LogP contribution in [-0.4, -0.2) is 34.6 Å². The largest absolute Gasteiger partial charge is 0.386 e. The number of β-amino-alcohol motifs (C(OH)–C–C–N with tert-alkyl or cyclic N) is 1. The van der Waals surface area contributed by atoms with Gasteiger partial charge in [-0.1, -0.05) is 28.9 Å². The van der Waals surface area contributed by atoms with Crippen molar-refractivity contribution in [2.24, 2.45) is 0 Å². The zero-order valence-corrected chi connectivity index (χ0v) is 11.6. The Bertz CT molecular complexity index is 453. The first-order valence-corrected chi connectivity index (χ1v) is 6.52. The van der Waals surface area contributed by atoms with E-state index < -0.39 is 5.60 Å². The molecule has 0 unspecified atom stereocenters. The van der Waals surface area contributed by atoms with Crippen LogP contribution in [0.1, 0.15) is 29.3 Å². The molecule has 1 aliphatic rings. The lowest BCUT2D eigenvalue weighted by Crippen LogP contribution is -2.63. The van der Waals surface area contributed by atoms with E-state index in [1.807, 2.05) is 32.0 Å². The van der Waals surface area contributed by atoms with E-state index in [1.165, 1.54) is 0 Å². The third-order valence-electron chi connectivity index (χ3n) is 3.33. The van der Waals surface area contributed by atoms with E-state index in [1.54, 1.807) is 4.90 Å². The molecule has 1 N–H and O–H groups in total. The summed E-state index contributed by atoms with van der Waals surface area (Å²) in [6.07, 6.45) is 0.689. The third-order valence-corrected chi connectivity index (χ3v) is 4.19. The molecule has 0 saturated carbocycles. The van der Waals surface area contributed by atoms with E-state index >= 15 is 0 Å². The molecular weight excluding hydrogens is 282 g/mol. The Morgan fingerprint density at radius 1 is 1.53 bits per heavy atom. The van der Waals surface area contributed by atoms with E-state index in [2.05, 4.69) is 15.9 Å². The Labute approximate surface area is 110 Å². The number of halogens is 1. The van der Waals surface area contributed by atoms with Gasteiger partial charge in [0.2, 0.25) is 0 Å². The fourth-order valence-electron chi connectivity index (χ4n) is 1.94. The molecule has 1 saturated heterocycles. The Kier molecular flexibility index (Phi) is 3.27. The number of carbonyl (C=O) groups excluding carboxylic acids is 1. The van der Waals surface area contributed by atoms with E-state index in [0.717, 1.165) is 10.0 Å². The molecular formula is C13H16BrNO2. The van der Waals surface area contributed by atoms with Gasteiger partial charge in [-0.3, -0.25) is 4.79 Å². The molecule has 0 aromatic heterocycles. The van der Waals surface area contributed by atoms with Gasteiger partial charge in [0.1, 0.15) is 0 Å². The fraction of sp³-hybridized carbons (Fsp3) is 0.462. The summed E-state index contributed by atoms with van der Waals surface area (Å²) in [4.78, 5) is 13.8. The molecule has 4 heteroatoms. The van der Waals surface area contributed by atoms with E-state index in [4.69, 9.17) is 0 Å². The van der Waals surface area contributed by atoms with Crippen LogP contribution in [0.4, 0.5) is 0 Å². The molecule has 17 heavy (non-hydrogen) atoms. The Balaban J connectivity index is 2.09. The van der Waals surface area contributed by atoms with Gasteiger partial charge in [0.25, 0.3) is 5.91 Å². The van der Waals surface area contributed by atoms with Crippen molar-refractivity contribution < 1.29 is 9.90 Å². The average molecular weight is 298 g/mol. The van der Waals surface area contributed by atoms with Gasteiger partial charge in [0, 0.05) is 10.0 Å². The molecule has 3 nitrogen and oxygen atoms in total. The number of rotatable bonds is 2. The highest BCUT2D eigenvalue weighted by Crippen LogP contribution is 2.27. The fourth-order valence-corrected chi connectivity index (χ4v) is 2.32.